The van der Waals surface area contributed by atoms with Crippen molar-refractivity contribution in [2.24, 2.45) is 0 Å². The average molecular weight is 244 g/mol. The van der Waals surface area contributed by atoms with E-state index in [1.165, 1.54) is 12.1 Å². The Balaban J connectivity index is 2.23. The van der Waals surface area contributed by atoms with Gasteiger partial charge >= 0.3 is 0 Å². The molecule has 0 aliphatic heterocycles. The lowest BCUT2D eigenvalue weighted by Gasteiger charge is -2.26. The van der Waals surface area contributed by atoms with Crippen molar-refractivity contribution in [2.45, 2.75) is 19.9 Å². The molecule has 1 aromatic carbocycles. The van der Waals surface area contributed by atoms with Crippen molar-refractivity contribution in [3.63, 3.8) is 0 Å². The molecule has 0 bridgehead atoms. The molecular formula is C15H17FN2. The Labute approximate surface area is 107 Å². The highest BCUT2D eigenvalue weighted by Gasteiger charge is 2.13. The maximum atomic E-state index is 12.9. The van der Waals surface area contributed by atoms with Crippen LogP contribution in [0.3, 0.4) is 0 Å². The number of benzene rings is 1. The fourth-order valence-corrected chi connectivity index (χ4v) is 1.89. The first-order valence-corrected chi connectivity index (χ1v) is 6.00. The molecule has 3 heteroatoms. The van der Waals surface area contributed by atoms with Gasteiger partial charge in [0.2, 0.25) is 0 Å². The van der Waals surface area contributed by atoms with Crippen molar-refractivity contribution in [3.8, 4) is 0 Å². The second-order valence-corrected chi connectivity index (χ2v) is 4.48. The Bertz CT molecular complexity index is 522. The van der Waals surface area contributed by atoms with Gasteiger partial charge in [-0.3, -0.25) is 0 Å². The van der Waals surface area contributed by atoms with Gasteiger partial charge in [0.1, 0.15) is 11.6 Å². The van der Waals surface area contributed by atoms with E-state index in [2.05, 4.69) is 16.8 Å². The molecule has 1 unspecified atom stereocenters. The van der Waals surface area contributed by atoms with Crippen molar-refractivity contribution in [1.82, 2.24) is 4.98 Å². The van der Waals surface area contributed by atoms with Gasteiger partial charge in [-0.05, 0) is 43.7 Å². The van der Waals surface area contributed by atoms with E-state index in [1.807, 2.05) is 44.3 Å². The molecule has 2 aromatic rings. The molecule has 0 radical (unpaired) electrons. The van der Waals surface area contributed by atoms with Crippen LogP contribution in [0.25, 0.3) is 0 Å². The third-order valence-corrected chi connectivity index (χ3v) is 3.17. The lowest BCUT2D eigenvalue weighted by molar-refractivity contribution is 0.625. The Morgan fingerprint density at radius 1 is 1.11 bits per heavy atom. The summed E-state index contributed by atoms with van der Waals surface area (Å²) in [6, 6.07) is 12.7. The highest BCUT2D eigenvalue weighted by atomic mass is 19.1. The monoisotopic (exact) mass is 244 g/mol. The first kappa shape index (κ1) is 12.6. The number of rotatable bonds is 3. The molecule has 0 N–H and O–H groups in total. The van der Waals surface area contributed by atoms with E-state index in [-0.39, 0.29) is 11.9 Å². The normalized spacial score (nSPS) is 12.2. The Hall–Kier alpha value is -1.90. The fraction of sp³-hybridized carbons (Fsp3) is 0.267. The third kappa shape index (κ3) is 2.67. The number of hydrogen-bond acceptors (Lipinski definition) is 2. The minimum absolute atomic E-state index is 0.153. The first-order valence-electron chi connectivity index (χ1n) is 6.00. The molecule has 94 valence electrons. The maximum Gasteiger partial charge on any atom is 0.129 e. The highest BCUT2D eigenvalue weighted by Crippen LogP contribution is 2.23. The summed E-state index contributed by atoms with van der Waals surface area (Å²) in [5, 5.41) is 0. The van der Waals surface area contributed by atoms with Gasteiger partial charge in [-0.15, -0.1) is 0 Å². The summed E-state index contributed by atoms with van der Waals surface area (Å²) in [5.41, 5.74) is 2.06. The van der Waals surface area contributed by atoms with Gasteiger partial charge in [-0.2, -0.15) is 0 Å². The number of aryl methyl sites for hydroxylation is 1. The third-order valence-electron chi connectivity index (χ3n) is 3.17. The van der Waals surface area contributed by atoms with Gasteiger partial charge in [-0.1, -0.05) is 18.2 Å². The predicted octanol–water partition coefficient (Wildman–Crippen LogP) is 3.73. The number of hydrogen-bond donors (Lipinski definition) is 0. The summed E-state index contributed by atoms with van der Waals surface area (Å²) in [7, 11) is 2.00. The zero-order valence-corrected chi connectivity index (χ0v) is 10.9. The van der Waals surface area contributed by atoms with Gasteiger partial charge < -0.3 is 4.90 Å². The lowest BCUT2D eigenvalue weighted by Crippen LogP contribution is -2.22. The lowest BCUT2D eigenvalue weighted by atomic mass is 10.1. The van der Waals surface area contributed by atoms with Gasteiger partial charge in [0.05, 0.1) is 6.04 Å². The van der Waals surface area contributed by atoms with E-state index in [1.54, 1.807) is 0 Å². The van der Waals surface area contributed by atoms with E-state index in [4.69, 9.17) is 0 Å². The van der Waals surface area contributed by atoms with Crippen LogP contribution in [0.5, 0.6) is 0 Å². The smallest absolute Gasteiger partial charge is 0.129 e. The van der Waals surface area contributed by atoms with E-state index >= 15 is 0 Å². The van der Waals surface area contributed by atoms with Gasteiger partial charge in [0, 0.05) is 12.7 Å². The van der Waals surface area contributed by atoms with Crippen molar-refractivity contribution >= 4 is 5.82 Å². The topological polar surface area (TPSA) is 16.1 Å². The molecule has 1 heterocycles. The Kier molecular flexibility index (Phi) is 3.60. The summed E-state index contributed by atoms with van der Waals surface area (Å²) < 4.78 is 12.9. The minimum atomic E-state index is -0.206. The molecule has 0 spiro atoms. The number of pyridine rings is 1. The van der Waals surface area contributed by atoms with Crippen LogP contribution in [-0.4, -0.2) is 12.0 Å². The summed E-state index contributed by atoms with van der Waals surface area (Å²) >= 11 is 0. The molecule has 0 fully saturated rings. The average Bonchev–Trinajstić information content (AvgIpc) is 2.38. The number of nitrogens with zero attached hydrogens (tertiary/aromatic N) is 2. The van der Waals surface area contributed by atoms with Crippen LogP contribution in [-0.2, 0) is 0 Å². The van der Waals surface area contributed by atoms with Crippen LogP contribution in [0, 0.1) is 12.7 Å². The SMILES string of the molecule is Cc1cccc(N(C)C(C)c2ccc(F)cc2)n1. The van der Waals surface area contributed by atoms with E-state index in [0.717, 1.165) is 17.1 Å². The largest absolute Gasteiger partial charge is 0.353 e. The van der Waals surface area contributed by atoms with Crippen LogP contribution in [0.1, 0.15) is 24.2 Å². The van der Waals surface area contributed by atoms with E-state index in [0.29, 0.717) is 0 Å². The maximum absolute atomic E-state index is 12.9. The second kappa shape index (κ2) is 5.17. The molecule has 0 amide bonds. The van der Waals surface area contributed by atoms with Gasteiger partial charge in [0.15, 0.2) is 0 Å². The van der Waals surface area contributed by atoms with Crippen LogP contribution in [0.4, 0.5) is 10.2 Å². The van der Waals surface area contributed by atoms with Gasteiger partial charge in [-0.25, -0.2) is 9.37 Å². The molecule has 18 heavy (non-hydrogen) atoms. The zero-order valence-electron chi connectivity index (χ0n) is 10.9. The molecule has 0 aliphatic rings. The minimum Gasteiger partial charge on any atom is -0.353 e. The first-order chi connectivity index (χ1) is 8.58. The molecule has 1 atom stereocenters. The van der Waals surface area contributed by atoms with E-state index < -0.39 is 0 Å². The molecular weight excluding hydrogens is 227 g/mol. The molecule has 0 saturated carbocycles. The fourth-order valence-electron chi connectivity index (χ4n) is 1.89. The zero-order chi connectivity index (χ0) is 13.1. The number of aromatic nitrogens is 1. The van der Waals surface area contributed by atoms with E-state index in [9.17, 15) is 4.39 Å². The molecule has 0 aliphatic carbocycles. The summed E-state index contributed by atoms with van der Waals surface area (Å²) in [5.74, 6) is 0.717. The summed E-state index contributed by atoms with van der Waals surface area (Å²) in [6.45, 7) is 4.05. The van der Waals surface area contributed by atoms with Crippen LogP contribution >= 0.6 is 0 Å². The quantitative estimate of drug-likeness (QED) is 0.818. The van der Waals surface area contributed by atoms with Crippen molar-refractivity contribution in [2.75, 3.05) is 11.9 Å². The molecule has 1 aromatic heterocycles. The van der Waals surface area contributed by atoms with Crippen molar-refractivity contribution < 1.29 is 4.39 Å². The van der Waals surface area contributed by atoms with Crippen molar-refractivity contribution in [3.05, 3.63) is 59.5 Å². The highest BCUT2D eigenvalue weighted by molar-refractivity contribution is 5.41. The van der Waals surface area contributed by atoms with Crippen LogP contribution in [0.15, 0.2) is 42.5 Å². The Morgan fingerprint density at radius 2 is 1.78 bits per heavy atom. The second-order valence-electron chi connectivity index (χ2n) is 4.48. The number of halogens is 1. The number of anilines is 1. The predicted molar refractivity (Wildman–Crippen MR) is 72.2 cm³/mol. The summed E-state index contributed by atoms with van der Waals surface area (Å²) in [4.78, 5) is 6.57. The molecule has 0 saturated heterocycles. The Morgan fingerprint density at radius 3 is 2.39 bits per heavy atom. The standard InChI is InChI=1S/C15H17FN2/c1-11-5-4-6-15(17-11)18(3)12(2)13-7-9-14(16)10-8-13/h4-10,12H,1-3H3. The van der Waals surface area contributed by atoms with Crippen LogP contribution in [0.2, 0.25) is 0 Å². The van der Waals surface area contributed by atoms with Crippen LogP contribution < -0.4 is 4.90 Å². The molecule has 2 nitrogen and oxygen atoms in total. The van der Waals surface area contributed by atoms with Gasteiger partial charge in [0.25, 0.3) is 0 Å². The summed E-state index contributed by atoms with van der Waals surface area (Å²) in [6.07, 6.45) is 0. The van der Waals surface area contributed by atoms with Crippen molar-refractivity contribution in [1.29, 1.82) is 0 Å². The molecule has 2 rings (SSSR count).